The fourth-order valence-electron chi connectivity index (χ4n) is 3.12. The maximum absolute atomic E-state index is 12.9. The van der Waals surface area contributed by atoms with Crippen LogP contribution in [-0.4, -0.2) is 38.0 Å². The second-order valence-corrected chi connectivity index (χ2v) is 6.12. The van der Waals surface area contributed by atoms with E-state index in [-0.39, 0.29) is 24.8 Å². The lowest BCUT2D eigenvalue weighted by Crippen LogP contribution is -2.40. The zero-order chi connectivity index (χ0) is 16.9. The number of rotatable bonds is 6. The molecule has 0 aliphatic carbocycles. The monoisotopic (exact) mass is 327 g/mol. The Kier molecular flexibility index (Phi) is 4.93. The molecule has 1 unspecified atom stereocenters. The molecule has 24 heavy (non-hydrogen) atoms. The minimum atomic E-state index is -0.889. The predicted molar refractivity (Wildman–Crippen MR) is 88.1 cm³/mol. The summed E-state index contributed by atoms with van der Waals surface area (Å²) in [6.45, 7) is 1.45. The van der Waals surface area contributed by atoms with E-state index < -0.39 is 5.97 Å². The van der Waals surface area contributed by atoms with Gasteiger partial charge in [-0.1, -0.05) is 30.3 Å². The van der Waals surface area contributed by atoms with Gasteiger partial charge in [0.15, 0.2) is 0 Å². The van der Waals surface area contributed by atoms with E-state index in [2.05, 4.69) is 9.55 Å². The molecule has 1 aliphatic heterocycles. The van der Waals surface area contributed by atoms with E-state index >= 15 is 0 Å². The Bertz CT molecular complexity index is 711. The average molecular weight is 327 g/mol. The lowest BCUT2D eigenvalue weighted by Gasteiger charge is -2.29. The number of benzene rings is 1. The summed E-state index contributed by atoms with van der Waals surface area (Å²) in [6.07, 6.45) is 5.03. The second kappa shape index (κ2) is 7.29. The van der Waals surface area contributed by atoms with Crippen LogP contribution < -0.4 is 0 Å². The number of amides is 1. The summed E-state index contributed by atoms with van der Waals surface area (Å²) in [6, 6.07) is 9.68. The molecule has 0 bridgehead atoms. The summed E-state index contributed by atoms with van der Waals surface area (Å²) < 4.78 is 2.07. The average Bonchev–Trinajstić information content (AvgIpc) is 3.06. The fourth-order valence-corrected chi connectivity index (χ4v) is 3.12. The lowest BCUT2D eigenvalue weighted by molar-refractivity contribution is -0.140. The number of aryl methyl sites for hydroxylation is 1. The van der Waals surface area contributed by atoms with Gasteiger partial charge in [-0.25, -0.2) is 4.98 Å². The number of carbonyl (C=O) groups excluding carboxylic acids is 1. The Morgan fingerprint density at radius 2 is 2.08 bits per heavy atom. The van der Waals surface area contributed by atoms with E-state index in [0.29, 0.717) is 13.0 Å². The van der Waals surface area contributed by atoms with Gasteiger partial charge in [0.05, 0.1) is 6.42 Å². The van der Waals surface area contributed by atoms with Crippen LogP contribution in [0, 0.1) is 5.92 Å². The van der Waals surface area contributed by atoms with Gasteiger partial charge in [-0.2, -0.15) is 0 Å². The minimum absolute atomic E-state index is 0.0225. The zero-order valence-corrected chi connectivity index (χ0v) is 13.5. The number of aliphatic carboxylic acids is 1. The molecular weight excluding hydrogens is 306 g/mol. The van der Waals surface area contributed by atoms with Crippen molar-refractivity contribution >= 4 is 11.9 Å². The molecule has 0 spiro atoms. The number of hydrogen-bond acceptors (Lipinski definition) is 3. The number of carboxylic acid groups (broad SMARTS) is 1. The Morgan fingerprint density at radius 3 is 2.83 bits per heavy atom. The van der Waals surface area contributed by atoms with Gasteiger partial charge in [-0.3, -0.25) is 9.59 Å². The van der Waals surface area contributed by atoms with Crippen molar-refractivity contribution in [1.82, 2.24) is 14.5 Å². The van der Waals surface area contributed by atoms with Crippen molar-refractivity contribution in [3.05, 3.63) is 54.1 Å². The van der Waals surface area contributed by atoms with Gasteiger partial charge >= 0.3 is 5.97 Å². The molecule has 3 rings (SSSR count). The van der Waals surface area contributed by atoms with Gasteiger partial charge < -0.3 is 14.6 Å². The minimum Gasteiger partial charge on any atom is -0.481 e. The standard InChI is InChI=1S/C18H21N3O3/c22-17(23)7-10-21(13-14-4-2-1-3-5-14)18(24)15-6-9-20-11-8-19-16(20)12-15/h1-5,8,11,15H,6-7,9-10,12-13H2,(H,22,23). The Balaban J connectivity index is 1.72. The van der Waals surface area contributed by atoms with Gasteiger partial charge in [0.1, 0.15) is 5.82 Å². The van der Waals surface area contributed by atoms with E-state index in [0.717, 1.165) is 24.4 Å². The first-order chi connectivity index (χ1) is 11.6. The number of hydrogen-bond donors (Lipinski definition) is 1. The van der Waals surface area contributed by atoms with Crippen LogP contribution in [0.2, 0.25) is 0 Å². The highest BCUT2D eigenvalue weighted by molar-refractivity contribution is 5.79. The molecule has 6 heteroatoms. The van der Waals surface area contributed by atoms with Crippen molar-refractivity contribution < 1.29 is 14.7 Å². The van der Waals surface area contributed by atoms with Crippen LogP contribution in [0.1, 0.15) is 24.2 Å². The molecule has 2 aromatic rings. The maximum atomic E-state index is 12.9. The van der Waals surface area contributed by atoms with E-state index in [4.69, 9.17) is 5.11 Å². The third-order valence-corrected chi connectivity index (χ3v) is 4.42. The first-order valence-electron chi connectivity index (χ1n) is 8.18. The number of carboxylic acids is 1. The molecule has 0 fully saturated rings. The molecule has 6 nitrogen and oxygen atoms in total. The third kappa shape index (κ3) is 3.82. The highest BCUT2D eigenvalue weighted by Crippen LogP contribution is 2.22. The van der Waals surface area contributed by atoms with E-state index in [9.17, 15) is 9.59 Å². The van der Waals surface area contributed by atoms with Crippen molar-refractivity contribution in [2.75, 3.05) is 6.54 Å². The molecule has 0 radical (unpaired) electrons. The third-order valence-electron chi connectivity index (χ3n) is 4.42. The van der Waals surface area contributed by atoms with Crippen LogP contribution in [0.3, 0.4) is 0 Å². The number of aromatic nitrogens is 2. The lowest BCUT2D eigenvalue weighted by atomic mass is 9.95. The molecule has 2 heterocycles. The maximum Gasteiger partial charge on any atom is 0.305 e. The Hall–Kier alpha value is -2.63. The van der Waals surface area contributed by atoms with Gasteiger partial charge in [0.2, 0.25) is 5.91 Å². The molecule has 1 aromatic carbocycles. The Morgan fingerprint density at radius 1 is 1.29 bits per heavy atom. The highest BCUT2D eigenvalue weighted by atomic mass is 16.4. The molecular formula is C18H21N3O3. The second-order valence-electron chi connectivity index (χ2n) is 6.12. The van der Waals surface area contributed by atoms with Crippen LogP contribution in [0.5, 0.6) is 0 Å². The van der Waals surface area contributed by atoms with E-state index in [1.165, 1.54) is 0 Å². The van der Waals surface area contributed by atoms with E-state index in [1.807, 2.05) is 36.5 Å². The number of fused-ring (bicyclic) bond motifs is 1. The van der Waals surface area contributed by atoms with Crippen molar-refractivity contribution in [3.63, 3.8) is 0 Å². The van der Waals surface area contributed by atoms with Crippen molar-refractivity contribution in [2.45, 2.75) is 32.4 Å². The normalized spacial score (nSPS) is 16.4. The Labute approximate surface area is 140 Å². The fraction of sp³-hybridized carbons (Fsp3) is 0.389. The SMILES string of the molecule is O=C(O)CCN(Cc1ccccc1)C(=O)C1CCn2ccnc2C1. The van der Waals surface area contributed by atoms with Crippen molar-refractivity contribution in [3.8, 4) is 0 Å². The summed E-state index contributed by atoms with van der Waals surface area (Å²) in [7, 11) is 0. The van der Waals surface area contributed by atoms with Crippen LogP contribution in [-0.2, 0) is 29.1 Å². The summed E-state index contributed by atoms with van der Waals surface area (Å²) in [5.74, 6) is -0.0655. The predicted octanol–water partition coefficient (Wildman–Crippen LogP) is 1.95. The molecule has 1 atom stereocenters. The van der Waals surface area contributed by atoms with Crippen molar-refractivity contribution in [1.29, 1.82) is 0 Å². The molecule has 1 amide bonds. The smallest absolute Gasteiger partial charge is 0.305 e. The van der Waals surface area contributed by atoms with Crippen molar-refractivity contribution in [2.24, 2.45) is 5.92 Å². The number of carbonyl (C=O) groups is 2. The summed E-state index contributed by atoms with van der Waals surface area (Å²) in [5.41, 5.74) is 1.01. The first-order valence-corrected chi connectivity index (χ1v) is 8.18. The molecule has 0 saturated heterocycles. The molecule has 0 saturated carbocycles. The molecule has 1 N–H and O–H groups in total. The summed E-state index contributed by atoms with van der Waals surface area (Å²) in [5, 5.41) is 8.97. The molecule has 126 valence electrons. The van der Waals surface area contributed by atoms with Crippen LogP contribution in [0.25, 0.3) is 0 Å². The quantitative estimate of drug-likeness (QED) is 0.880. The van der Waals surface area contributed by atoms with Crippen LogP contribution in [0.4, 0.5) is 0 Å². The summed E-state index contributed by atoms with van der Waals surface area (Å²) in [4.78, 5) is 29.9. The number of imidazole rings is 1. The van der Waals surface area contributed by atoms with Gasteiger partial charge in [-0.15, -0.1) is 0 Å². The first kappa shape index (κ1) is 16.2. The van der Waals surface area contributed by atoms with Crippen LogP contribution in [0.15, 0.2) is 42.7 Å². The van der Waals surface area contributed by atoms with Gasteiger partial charge in [0.25, 0.3) is 0 Å². The molecule has 1 aliphatic rings. The summed E-state index contributed by atoms with van der Waals surface area (Å²) >= 11 is 0. The topological polar surface area (TPSA) is 75.4 Å². The number of nitrogens with zero attached hydrogens (tertiary/aromatic N) is 3. The zero-order valence-electron chi connectivity index (χ0n) is 13.5. The van der Waals surface area contributed by atoms with E-state index in [1.54, 1.807) is 11.1 Å². The van der Waals surface area contributed by atoms with Gasteiger partial charge in [-0.05, 0) is 12.0 Å². The highest BCUT2D eigenvalue weighted by Gasteiger charge is 2.29. The van der Waals surface area contributed by atoms with Crippen LogP contribution >= 0.6 is 0 Å². The largest absolute Gasteiger partial charge is 0.481 e. The van der Waals surface area contributed by atoms with Gasteiger partial charge in [0, 0.05) is 44.4 Å². The molecule has 1 aromatic heterocycles.